The highest BCUT2D eigenvalue weighted by Crippen LogP contribution is 2.24. The number of carbonyl (C=O) groups is 2. The van der Waals surface area contributed by atoms with Gasteiger partial charge >= 0.3 is 12.0 Å². The van der Waals surface area contributed by atoms with Gasteiger partial charge < -0.3 is 19.5 Å². The van der Waals surface area contributed by atoms with Crippen molar-refractivity contribution >= 4 is 12.0 Å². The van der Waals surface area contributed by atoms with Gasteiger partial charge in [-0.15, -0.1) is 0 Å². The molecule has 1 N–H and O–H groups in total. The molecule has 24 heavy (non-hydrogen) atoms. The van der Waals surface area contributed by atoms with Crippen LogP contribution < -0.4 is 5.32 Å². The third-order valence-corrected chi connectivity index (χ3v) is 4.95. The maximum Gasteiger partial charge on any atom is 0.317 e. The van der Waals surface area contributed by atoms with Gasteiger partial charge in [0, 0.05) is 38.1 Å². The fraction of sp³-hybridized carbons (Fsp3) is 0.667. The van der Waals surface area contributed by atoms with Crippen molar-refractivity contribution in [3.8, 4) is 0 Å². The van der Waals surface area contributed by atoms with Crippen LogP contribution in [0, 0.1) is 11.8 Å². The molecule has 1 fully saturated rings. The maximum atomic E-state index is 12.4. The van der Waals surface area contributed by atoms with E-state index in [1.807, 2.05) is 38.1 Å². The molecule has 0 saturated carbocycles. The van der Waals surface area contributed by atoms with Gasteiger partial charge in [-0.3, -0.25) is 4.79 Å². The van der Waals surface area contributed by atoms with E-state index in [0.717, 1.165) is 12.8 Å². The van der Waals surface area contributed by atoms with Gasteiger partial charge in [-0.25, -0.2) is 4.79 Å². The monoisotopic (exact) mass is 335 g/mol. The number of nitrogens with zero attached hydrogens (tertiary/aromatic N) is 2. The summed E-state index contributed by atoms with van der Waals surface area (Å²) in [7, 11) is 3.45. The highest BCUT2D eigenvalue weighted by molar-refractivity contribution is 5.76. The Bertz CT molecular complexity index is 570. The number of hydrogen-bond acceptors (Lipinski definition) is 3. The summed E-state index contributed by atoms with van der Waals surface area (Å²) in [5.41, 5.74) is 1.27. The van der Waals surface area contributed by atoms with E-state index in [2.05, 4.69) is 16.0 Å². The van der Waals surface area contributed by atoms with Crippen LogP contribution in [0.3, 0.4) is 0 Å². The zero-order valence-corrected chi connectivity index (χ0v) is 15.1. The molecule has 1 aliphatic heterocycles. The number of esters is 1. The molecule has 0 radical (unpaired) electrons. The average Bonchev–Trinajstić information content (AvgIpc) is 2.97. The van der Waals surface area contributed by atoms with E-state index in [-0.39, 0.29) is 29.9 Å². The molecule has 2 heterocycles. The van der Waals surface area contributed by atoms with Gasteiger partial charge in [0.1, 0.15) is 0 Å². The number of aromatic nitrogens is 1. The Morgan fingerprint density at radius 1 is 1.46 bits per heavy atom. The lowest BCUT2D eigenvalue weighted by Crippen LogP contribution is -2.50. The summed E-state index contributed by atoms with van der Waals surface area (Å²) in [5.74, 6) is -0.150. The lowest BCUT2D eigenvalue weighted by Gasteiger charge is -2.36. The first-order valence-electron chi connectivity index (χ1n) is 8.65. The van der Waals surface area contributed by atoms with Crippen molar-refractivity contribution in [2.24, 2.45) is 18.9 Å². The Balaban J connectivity index is 1.78. The second-order valence-corrected chi connectivity index (χ2v) is 6.84. The molecule has 6 heteroatoms. The van der Waals surface area contributed by atoms with Crippen LogP contribution in [-0.4, -0.2) is 47.7 Å². The number of carbonyl (C=O) groups excluding carboxylic acids is 2. The summed E-state index contributed by atoms with van der Waals surface area (Å²) in [6.07, 6.45) is 4.54. The number of urea groups is 1. The van der Waals surface area contributed by atoms with E-state index < -0.39 is 0 Å². The smallest absolute Gasteiger partial charge is 0.317 e. The second-order valence-electron chi connectivity index (χ2n) is 6.84. The van der Waals surface area contributed by atoms with Gasteiger partial charge in [-0.2, -0.15) is 0 Å². The molecule has 0 aromatic carbocycles. The third kappa shape index (κ3) is 4.52. The first kappa shape index (κ1) is 18.4. The average molecular weight is 335 g/mol. The van der Waals surface area contributed by atoms with E-state index >= 15 is 0 Å². The van der Waals surface area contributed by atoms with E-state index in [0.29, 0.717) is 19.5 Å². The quantitative estimate of drug-likeness (QED) is 0.839. The lowest BCUT2D eigenvalue weighted by molar-refractivity contribution is -0.148. The molecule has 2 rings (SSSR count). The first-order valence-corrected chi connectivity index (χ1v) is 8.65. The Morgan fingerprint density at radius 2 is 2.21 bits per heavy atom. The minimum Gasteiger partial charge on any atom is -0.469 e. The van der Waals surface area contributed by atoms with E-state index in [4.69, 9.17) is 4.74 Å². The van der Waals surface area contributed by atoms with Crippen LogP contribution in [0.25, 0.3) is 0 Å². The Hall–Kier alpha value is -1.98. The molecule has 1 aromatic heterocycles. The van der Waals surface area contributed by atoms with Crippen LogP contribution in [0.5, 0.6) is 0 Å². The number of ether oxygens (including phenoxy) is 1. The molecule has 0 spiro atoms. The molecule has 1 saturated heterocycles. The number of aryl methyl sites for hydroxylation is 2. The van der Waals surface area contributed by atoms with Crippen molar-refractivity contribution in [2.45, 2.75) is 39.2 Å². The van der Waals surface area contributed by atoms with Gasteiger partial charge in [-0.05, 0) is 44.2 Å². The fourth-order valence-corrected chi connectivity index (χ4v) is 3.33. The van der Waals surface area contributed by atoms with Crippen molar-refractivity contribution < 1.29 is 14.3 Å². The van der Waals surface area contributed by atoms with Crippen LogP contribution in [0.4, 0.5) is 4.79 Å². The van der Waals surface area contributed by atoms with Crippen molar-refractivity contribution in [1.82, 2.24) is 14.8 Å². The summed E-state index contributed by atoms with van der Waals surface area (Å²) < 4.78 is 6.94. The molecule has 3 atom stereocenters. The molecule has 0 bridgehead atoms. The van der Waals surface area contributed by atoms with Gasteiger partial charge in [-0.1, -0.05) is 6.92 Å². The summed E-state index contributed by atoms with van der Waals surface area (Å²) in [4.78, 5) is 25.9. The van der Waals surface area contributed by atoms with Crippen LogP contribution >= 0.6 is 0 Å². The Morgan fingerprint density at radius 3 is 2.79 bits per heavy atom. The minimum absolute atomic E-state index is 0.0375. The largest absolute Gasteiger partial charge is 0.469 e. The van der Waals surface area contributed by atoms with Crippen LogP contribution in [0.2, 0.25) is 0 Å². The molecule has 0 aliphatic carbocycles. The standard InChI is InChI=1S/C18H29N3O3/c1-13-12-21(11-9-16(13)17(22)24-4)18(23)19-14(2)7-8-15-6-5-10-20(15)3/h5-6,10,13-14,16H,7-9,11-12H2,1-4H3,(H,19,23). The number of likely N-dealkylation sites (tertiary alicyclic amines) is 1. The number of nitrogens with one attached hydrogen (secondary N) is 1. The highest BCUT2D eigenvalue weighted by Gasteiger charge is 2.33. The molecule has 2 amide bonds. The molecule has 134 valence electrons. The number of amides is 2. The van der Waals surface area contributed by atoms with Crippen molar-refractivity contribution in [1.29, 1.82) is 0 Å². The van der Waals surface area contributed by atoms with Gasteiger partial charge in [0.25, 0.3) is 0 Å². The molecular formula is C18H29N3O3. The van der Waals surface area contributed by atoms with Gasteiger partial charge in [0.15, 0.2) is 0 Å². The minimum atomic E-state index is -0.168. The van der Waals surface area contributed by atoms with Crippen LogP contribution in [-0.2, 0) is 23.0 Å². The summed E-state index contributed by atoms with van der Waals surface area (Å²) in [6.45, 7) is 5.22. The number of rotatable bonds is 5. The van der Waals surface area contributed by atoms with E-state index in [9.17, 15) is 9.59 Å². The van der Waals surface area contributed by atoms with Crippen molar-refractivity contribution in [3.63, 3.8) is 0 Å². The molecule has 3 unspecified atom stereocenters. The fourth-order valence-electron chi connectivity index (χ4n) is 3.33. The van der Waals surface area contributed by atoms with Crippen molar-refractivity contribution in [2.75, 3.05) is 20.2 Å². The second kappa shape index (κ2) is 8.22. The highest BCUT2D eigenvalue weighted by atomic mass is 16.5. The molecule has 1 aliphatic rings. The number of piperidine rings is 1. The number of hydrogen-bond donors (Lipinski definition) is 1. The normalized spacial score (nSPS) is 22.1. The zero-order valence-electron chi connectivity index (χ0n) is 15.1. The van der Waals surface area contributed by atoms with Crippen molar-refractivity contribution in [3.05, 3.63) is 24.0 Å². The summed E-state index contributed by atoms with van der Waals surface area (Å²) in [6, 6.07) is 4.21. The van der Waals surface area contributed by atoms with Crippen LogP contribution in [0.1, 0.15) is 32.4 Å². The Labute approximate surface area is 144 Å². The van der Waals surface area contributed by atoms with E-state index in [1.165, 1.54) is 12.8 Å². The molecule has 6 nitrogen and oxygen atoms in total. The summed E-state index contributed by atoms with van der Waals surface area (Å²) >= 11 is 0. The molecular weight excluding hydrogens is 306 g/mol. The van der Waals surface area contributed by atoms with Gasteiger partial charge in [0.2, 0.25) is 0 Å². The summed E-state index contributed by atoms with van der Waals surface area (Å²) in [5, 5.41) is 3.07. The Kier molecular flexibility index (Phi) is 6.29. The van der Waals surface area contributed by atoms with Gasteiger partial charge in [0.05, 0.1) is 13.0 Å². The predicted octanol–water partition coefficient (Wildman–Crippen LogP) is 2.19. The van der Waals surface area contributed by atoms with Crippen LogP contribution in [0.15, 0.2) is 18.3 Å². The predicted molar refractivity (Wildman–Crippen MR) is 92.6 cm³/mol. The number of methoxy groups -OCH3 is 1. The first-order chi connectivity index (χ1) is 11.4. The third-order valence-electron chi connectivity index (χ3n) is 4.95. The maximum absolute atomic E-state index is 12.4. The topological polar surface area (TPSA) is 63.6 Å². The lowest BCUT2D eigenvalue weighted by atomic mass is 9.87. The zero-order chi connectivity index (χ0) is 17.7. The SMILES string of the molecule is COC(=O)C1CCN(C(=O)NC(C)CCc2cccn2C)CC1C. The molecule has 1 aromatic rings. The van der Waals surface area contributed by atoms with E-state index in [1.54, 1.807) is 0 Å².